The van der Waals surface area contributed by atoms with Crippen LogP contribution in [0.4, 0.5) is 13.2 Å². The number of ether oxygens (including phenoxy) is 1. The average molecular weight is 413 g/mol. The van der Waals surface area contributed by atoms with E-state index in [2.05, 4.69) is 23.1 Å². The van der Waals surface area contributed by atoms with E-state index in [0.29, 0.717) is 33.9 Å². The Hall–Kier alpha value is -1.90. The molecule has 0 unspecified atom stereocenters. The van der Waals surface area contributed by atoms with Crippen LogP contribution in [0.5, 0.6) is 0 Å². The molecule has 0 aromatic carbocycles. The second kappa shape index (κ2) is 8.00. The lowest BCUT2D eigenvalue weighted by atomic mass is 10.2. The van der Waals surface area contributed by atoms with E-state index in [1.807, 2.05) is 4.57 Å². The van der Waals surface area contributed by atoms with E-state index in [0.717, 1.165) is 12.1 Å². The summed E-state index contributed by atoms with van der Waals surface area (Å²) < 4.78 is 45.9. The molecule has 0 spiro atoms. The molecule has 0 aliphatic rings. The molecular weight excluding hydrogens is 395 g/mol. The minimum absolute atomic E-state index is 0.238. The number of hydrogen-bond acceptors (Lipinski definition) is 3. The summed E-state index contributed by atoms with van der Waals surface area (Å²) in [6, 6.07) is 6.85. The van der Waals surface area contributed by atoms with Gasteiger partial charge in [0.2, 0.25) is 0 Å². The molecule has 0 saturated carbocycles. The topological polar surface area (TPSA) is 39.9 Å². The van der Waals surface area contributed by atoms with Crippen LogP contribution in [0.2, 0.25) is 24.2 Å². The Morgan fingerprint density at radius 2 is 1.96 bits per heavy atom. The maximum Gasteiger partial charge on any atom is 0.433 e. The first kappa shape index (κ1) is 19.8. The van der Waals surface area contributed by atoms with Gasteiger partial charge in [0.15, 0.2) is 0 Å². The Balaban J connectivity index is 1.98. The normalized spacial score (nSPS) is 12.3. The van der Waals surface area contributed by atoms with Gasteiger partial charge in [-0.3, -0.25) is 4.98 Å². The summed E-state index contributed by atoms with van der Waals surface area (Å²) in [6.45, 7) is 5.27. The van der Waals surface area contributed by atoms with Crippen LogP contribution in [-0.4, -0.2) is 29.9 Å². The lowest BCUT2D eigenvalue weighted by molar-refractivity contribution is -0.141. The molecule has 4 nitrogen and oxygen atoms in total. The Labute approximate surface area is 161 Å². The van der Waals surface area contributed by atoms with Gasteiger partial charge < -0.3 is 9.30 Å². The number of alkyl halides is 3. The van der Waals surface area contributed by atoms with Gasteiger partial charge in [-0.05, 0) is 30.3 Å². The molecule has 0 aliphatic carbocycles. The maximum atomic E-state index is 12.8. The number of rotatable bonds is 6. The highest BCUT2D eigenvalue weighted by molar-refractivity contribution is 6.55. The molecule has 3 aromatic heterocycles. The van der Waals surface area contributed by atoms with Crippen molar-refractivity contribution < 1.29 is 17.9 Å². The summed E-state index contributed by atoms with van der Waals surface area (Å²) >= 11 is 6.26. The fourth-order valence-electron chi connectivity index (χ4n) is 2.63. The van der Waals surface area contributed by atoms with E-state index in [4.69, 9.17) is 16.3 Å². The second-order valence-electron chi connectivity index (χ2n) is 6.41. The van der Waals surface area contributed by atoms with Gasteiger partial charge in [-0.2, -0.15) is 13.2 Å². The van der Waals surface area contributed by atoms with E-state index in [-0.39, 0.29) is 6.73 Å². The molecule has 9 heteroatoms. The Morgan fingerprint density at radius 3 is 2.59 bits per heavy atom. The van der Waals surface area contributed by atoms with Crippen molar-refractivity contribution in [1.29, 1.82) is 0 Å². The zero-order valence-electron chi connectivity index (χ0n) is 14.8. The highest BCUT2D eigenvalue weighted by Crippen LogP contribution is 2.33. The first-order valence-corrected chi connectivity index (χ1v) is 11.4. The van der Waals surface area contributed by atoms with Gasteiger partial charge in [-0.1, -0.05) is 24.7 Å². The molecule has 0 bridgehead atoms. The lowest BCUT2D eigenvalue weighted by Gasteiger charge is -2.12. The maximum absolute atomic E-state index is 12.8. The zero-order valence-corrected chi connectivity index (χ0v) is 16.6. The third-order valence-electron chi connectivity index (χ3n) is 4.06. The third-order valence-corrected chi connectivity index (χ3v) is 5.59. The molecule has 0 saturated heterocycles. The Morgan fingerprint density at radius 1 is 1.19 bits per heavy atom. The molecule has 0 atom stereocenters. The summed E-state index contributed by atoms with van der Waals surface area (Å²) in [4.78, 5) is 7.91. The molecule has 0 aliphatic heterocycles. The monoisotopic (exact) mass is 412 g/mol. The first-order valence-electron chi connectivity index (χ1n) is 8.31. The van der Waals surface area contributed by atoms with Crippen LogP contribution in [-0.2, 0) is 17.6 Å². The van der Waals surface area contributed by atoms with E-state index >= 15 is 0 Å². The van der Waals surface area contributed by atoms with Crippen LogP contribution < -0.4 is 0 Å². The number of pyridine rings is 2. The van der Waals surface area contributed by atoms with E-state index < -0.39 is 20.7 Å². The molecule has 0 amide bonds. The van der Waals surface area contributed by atoms with Crippen molar-refractivity contribution in [2.24, 2.45) is 0 Å². The van der Waals surface area contributed by atoms with E-state index in [9.17, 15) is 13.2 Å². The first-order chi connectivity index (χ1) is 12.8. The van der Waals surface area contributed by atoms with Gasteiger partial charge in [0.25, 0.3) is 0 Å². The van der Waals surface area contributed by atoms with Crippen molar-refractivity contribution in [1.82, 2.24) is 14.5 Å². The van der Waals surface area contributed by atoms with Crippen LogP contribution >= 0.6 is 11.6 Å². The van der Waals surface area contributed by atoms with Crippen molar-refractivity contribution in [3.05, 3.63) is 47.4 Å². The summed E-state index contributed by atoms with van der Waals surface area (Å²) in [5, 5.41) is 1.24. The fourth-order valence-corrected chi connectivity index (χ4v) is 3.38. The van der Waals surface area contributed by atoms with Crippen molar-refractivity contribution in [3.8, 4) is 11.3 Å². The van der Waals surface area contributed by atoms with E-state index in [1.165, 1.54) is 12.3 Å². The summed E-state index contributed by atoms with van der Waals surface area (Å²) in [7, 11) is -0.392. The highest BCUT2D eigenvalue weighted by Gasteiger charge is 2.32. The standard InChI is InChI=1S/C18H18ClF3N3OSi/c1-27(2)8-7-26-11-25-15(9-13-14(19)5-6-23-17(13)25)12-3-4-16(24-10-12)18(20,21)22/h3-6,9-10H,7-8,11H2,1-2H3. The van der Waals surface area contributed by atoms with Gasteiger partial charge in [0.1, 0.15) is 18.1 Å². The van der Waals surface area contributed by atoms with Crippen LogP contribution in [0.15, 0.2) is 36.7 Å². The fraction of sp³-hybridized carbons (Fsp3) is 0.333. The van der Waals surface area contributed by atoms with Gasteiger partial charge >= 0.3 is 6.18 Å². The van der Waals surface area contributed by atoms with Crippen LogP contribution in [0.1, 0.15) is 5.69 Å². The quantitative estimate of drug-likeness (QED) is 0.396. The molecule has 0 fully saturated rings. The summed E-state index contributed by atoms with van der Waals surface area (Å²) in [6.07, 6.45) is -1.67. The van der Waals surface area contributed by atoms with E-state index in [1.54, 1.807) is 18.3 Å². The number of nitrogens with zero attached hydrogens (tertiary/aromatic N) is 3. The lowest BCUT2D eigenvalue weighted by Crippen LogP contribution is -2.10. The number of fused-ring (bicyclic) bond motifs is 1. The highest BCUT2D eigenvalue weighted by atomic mass is 35.5. The summed E-state index contributed by atoms with van der Waals surface area (Å²) in [5.41, 5.74) is 0.888. The molecule has 0 N–H and O–H groups in total. The van der Waals surface area contributed by atoms with Gasteiger partial charge in [0.05, 0.1) is 10.7 Å². The minimum atomic E-state index is -4.47. The second-order valence-corrected chi connectivity index (χ2v) is 9.73. The molecule has 3 aromatic rings. The Bertz CT molecular complexity index is 926. The summed E-state index contributed by atoms with van der Waals surface area (Å²) in [5.74, 6) is 0. The molecule has 27 heavy (non-hydrogen) atoms. The third kappa shape index (κ3) is 4.51. The van der Waals surface area contributed by atoms with Crippen molar-refractivity contribution in [3.63, 3.8) is 0 Å². The largest absolute Gasteiger partial charge is 0.433 e. The molecular formula is C18H18ClF3N3OSi. The van der Waals surface area contributed by atoms with Crippen molar-refractivity contribution >= 4 is 31.4 Å². The SMILES string of the molecule is C[Si](C)CCOCn1c(-c2ccc(C(F)(F)F)nc2)cc2c(Cl)ccnc21. The minimum Gasteiger partial charge on any atom is -0.361 e. The zero-order chi connectivity index (χ0) is 19.6. The van der Waals surface area contributed by atoms with Crippen LogP contribution in [0.25, 0.3) is 22.3 Å². The number of halogens is 4. The van der Waals surface area contributed by atoms with Crippen molar-refractivity contribution in [2.75, 3.05) is 6.61 Å². The van der Waals surface area contributed by atoms with Gasteiger partial charge in [-0.15, -0.1) is 0 Å². The van der Waals surface area contributed by atoms with Gasteiger partial charge in [-0.25, -0.2) is 4.98 Å². The van der Waals surface area contributed by atoms with Gasteiger partial charge in [0, 0.05) is 38.7 Å². The Kier molecular flexibility index (Phi) is 5.88. The molecule has 3 rings (SSSR count). The molecule has 143 valence electrons. The van der Waals surface area contributed by atoms with Crippen LogP contribution in [0.3, 0.4) is 0 Å². The molecule has 3 heterocycles. The predicted octanol–water partition coefficient (Wildman–Crippen LogP) is 5.50. The number of aromatic nitrogens is 3. The average Bonchev–Trinajstić information content (AvgIpc) is 2.98. The smallest absolute Gasteiger partial charge is 0.361 e. The van der Waals surface area contributed by atoms with Crippen LogP contribution in [0, 0.1) is 0 Å². The number of hydrogen-bond donors (Lipinski definition) is 0. The predicted molar refractivity (Wildman–Crippen MR) is 101 cm³/mol. The molecule has 1 radical (unpaired) electrons. The van der Waals surface area contributed by atoms with Crippen molar-refractivity contribution in [2.45, 2.75) is 32.0 Å².